The van der Waals surface area contributed by atoms with Crippen LogP contribution in [0.15, 0.2) is 34.9 Å². The smallest absolute Gasteiger partial charge is 0.253 e. The zero-order valence-electron chi connectivity index (χ0n) is 6.08. The van der Waals surface area contributed by atoms with E-state index in [1.54, 1.807) is 24.3 Å². The number of fused-ring (bicyclic) bond motifs is 1. The van der Waals surface area contributed by atoms with Crippen molar-refractivity contribution in [1.82, 2.24) is 0 Å². The third-order valence-corrected chi connectivity index (χ3v) is 1.91. The van der Waals surface area contributed by atoms with Crippen molar-refractivity contribution in [3.8, 4) is 0 Å². The molecule has 1 heterocycles. The lowest BCUT2D eigenvalue weighted by Gasteiger charge is -1.93. The number of carbonyl (C=O) groups is 1. The van der Waals surface area contributed by atoms with Gasteiger partial charge in [0.2, 0.25) is 0 Å². The Morgan fingerprint density at radius 2 is 2.17 bits per heavy atom. The number of rotatable bonds is 1. The molecule has 0 aliphatic carbocycles. The Kier molecular flexibility index (Phi) is 1.62. The summed E-state index contributed by atoms with van der Waals surface area (Å²) in [5, 5.41) is 0.305. The van der Waals surface area contributed by atoms with Crippen LogP contribution in [-0.2, 0) is 0 Å². The standard InChI is InChI=1S/C9H5ClO2/c10-9(11)7-2-1-3-8-6(7)4-5-12-8/h1-5H. The third kappa shape index (κ3) is 1.01. The highest BCUT2D eigenvalue weighted by molar-refractivity contribution is 6.68. The third-order valence-electron chi connectivity index (χ3n) is 1.71. The van der Waals surface area contributed by atoms with Crippen molar-refractivity contribution in [3.63, 3.8) is 0 Å². The first-order chi connectivity index (χ1) is 5.79. The molecule has 2 aromatic rings. The van der Waals surface area contributed by atoms with Crippen molar-refractivity contribution in [2.24, 2.45) is 0 Å². The summed E-state index contributed by atoms with van der Waals surface area (Å²) in [4.78, 5) is 10.9. The molecule has 0 spiro atoms. The maximum Gasteiger partial charge on any atom is 0.253 e. The van der Waals surface area contributed by atoms with Crippen LogP contribution in [0.25, 0.3) is 11.0 Å². The van der Waals surface area contributed by atoms with Crippen LogP contribution < -0.4 is 0 Å². The second-order valence-corrected chi connectivity index (χ2v) is 2.75. The molecule has 0 unspecified atom stereocenters. The molecular weight excluding hydrogens is 176 g/mol. The predicted molar refractivity (Wildman–Crippen MR) is 46.4 cm³/mol. The summed E-state index contributed by atoms with van der Waals surface area (Å²) >= 11 is 5.36. The summed E-state index contributed by atoms with van der Waals surface area (Å²) in [5.74, 6) is 0. The van der Waals surface area contributed by atoms with E-state index in [-0.39, 0.29) is 0 Å². The molecule has 0 fully saturated rings. The lowest BCUT2D eigenvalue weighted by molar-refractivity contribution is 0.108. The van der Waals surface area contributed by atoms with Crippen molar-refractivity contribution in [2.75, 3.05) is 0 Å². The monoisotopic (exact) mass is 180 g/mol. The predicted octanol–water partition coefficient (Wildman–Crippen LogP) is 2.81. The minimum absolute atomic E-state index is 0.456. The van der Waals surface area contributed by atoms with Gasteiger partial charge in [0.15, 0.2) is 0 Å². The van der Waals surface area contributed by atoms with E-state index in [1.165, 1.54) is 6.26 Å². The Balaban J connectivity index is 2.82. The minimum Gasteiger partial charge on any atom is -0.464 e. The van der Waals surface area contributed by atoms with Crippen molar-refractivity contribution in [2.45, 2.75) is 0 Å². The molecular formula is C9H5ClO2. The second-order valence-electron chi connectivity index (χ2n) is 2.41. The van der Waals surface area contributed by atoms with Gasteiger partial charge in [-0.25, -0.2) is 0 Å². The van der Waals surface area contributed by atoms with E-state index in [2.05, 4.69) is 0 Å². The van der Waals surface area contributed by atoms with Crippen molar-refractivity contribution in [3.05, 3.63) is 36.1 Å². The molecule has 0 N–H and O–H groups in total. The molecule has 2 nitrogen and oxygen atoms in total. The van der Waals surface area contributed by atoms with E-state index in [1.807, 2.05) is 0 Å². The van der Waals surface area contributed by atoms with E-state index in [0.29, 0.717) is 11.1 Å². The molecule has 0 aliphatic rings. The molecule has 0 bridgehead atoms. The quantitative estimate of drug-likeness (QED) is 0.632. The molecule has 12 heavy (non-hydrogen) atoms. The minimum atomic E-state index is -0.456. The Labute approximate surface area is 73.7 Å². The number of carbonyl (C=O) groups excluding carboxylic acids is 1. The van der Waals surface area contributed by atoms with E-state index >= 15 is 0 Å². The van der Waals surface area contributed by atoms with Gasteiger partial charge in [0.05, 0.1) is 6.26 Å². The highest BCUT2D eigenvalue weighted by Gasteiger charge is 2.07. The number of furan rings is 1. The van der Waals surface area contributed by atoms with Crippen LogP contribution in [0.5, 0.6) is 0 Å². The molecule has 0 radical (unpaired) electrons. The van der Waals surface area contributed by atoms with E-state index in [0.717, 1.165) is 5.39 Å². The van der Waals surface area contributed by atoms with Crippen LogP contribution in [0.1, 0.15) is 10.4 Å². The van der Waals surface area contributed by atoms with Gasteiger partial charge in [0, 0.05) is 10.9 Å². The fourth-order valence-corrected chi connectivity index (χ4v) is 1.33. The van der Waals surface area contributed by atoms with Gasteiger partial charge in [-0.3, -0.25) is 4.79 Å². The van der Waals surface area contributed by atoms with Crippen molar-refractivity contribution < 1.29 is 9.21 Å². The Bertz CT molecular complexity index is 431. The lowest BCUT2D eigenvalue weighted by Crippen LogP contribution is -1.87. The first-order valence-corrected chi connectivity index (χ1v) is 3.83. The molecule has 1 aromatic heterocycles. The van der Waals surface area contributed by atoms with Gasteiger partial charge < -0.3 is 4.42 Å². The maximum absolute atomic E-state index is 10.9. The van der Waals surface area contributed by atoms with E-state index in [4.69, 9.17) is 16.0 Å². The second kappa shape index (κ2) is 2.64. The first kappa shape index (κ1) is 7.37. The number of halogens is 1. The number of hydrogen-bond acceptors (Lipinski definition) is 2. The molecule has 60 valence electrons. The van der Waals surface area contributed by atoms with E-state index < -0.39 is 5.24 Å². The van der Waals surface area contributed by atoms with Crippen molar-refractivity contribution >= 4 is 27.8 Å². The molecule has 2 rings (SSSR count). The molecule has 0 saturated heterocycles. The average molecular weight is 181 g/mol. The highest BCUT2D eigenvalue weighted by Crippen LogP contribution is 2.20. The van der Waals surface area contributed by atoms with Gasteiger partial charge in [-0.15, -0.1) is 0 Å². The summed E-state index contributed by atoms with van der Waals surface area (Å²) in [7, 11) is 0. The molecule has 0 amide bonds. The lowest BCUT2D eigenvalue weighted by atomic mass is 10.1. The zero-order chi connectivity index (χ0) is 8.55. The van der Waals surface area contributed by atoms with E-state index in [9.17, 15) is 4.79 Å². The highest BCUT2D eigenvalue weighted by atomic mass is 35.5. The zero-order valence-corrected chi connectivity index (χ0v) is 6.84. The van der Waals surface area contributed by atoms with Gasteiger partial charge in [-0.2, -0.15) is 0 Å². The van der Waals surface area contributed by atoms with Gasteiger partial charge in [0.1, 0.15) is 5.58 Å². The van der Waals surface area contributed by atoms with Crippen molar-refractivity contribution in [1.29, 1.82) is 0 Å². The summed E-state index contributed by atoms with van der Waals surface area (Å²) in [6.45, 7) is 0. The summed E-state index contributed by atoms with van der Waals surface area (Å²) in [6.07, 6.45) is 1.54. The van der Waals surface area contributed by atoms with Gasteiger partial charge in [0.25, 0.3) is 5.24 Å². The van der Waals surface area contributed by atoms with Gasteiger partial charge >= 0.3 is 0 Å². The van der Waals surface area contributed by atoms with Gasteiger partial charge in [-0.05, 0) is 29.8 Å². The Morgan fingerprint density at radius 3 is 2.92 bits per heavy atom. The average Bonchev–Trinajstić information content (AvgIpc) is 2.49. The molecule has 0 aliphatic heterocycles. The van der Waals surface area contributed by atoms with Gasteiger partial charge in [-0.1, -0.05) is 6.07 Å². The van der Waals surface area contributed by atoms with Crippen LogP contribution >= 0.6 is 11.6 Å². The Morgan fingerprint density at radius 1 is 1.33 bits per heavy atom. The van der Waals surface area contributed by atoms with Crippen LogP contribution in [0.3, 0.4) is 0 Å². The fraction of sp³-hybridized carbons (Fsp3) is 0. The van der Waals surface area contributed by atoms with Crippen LogP contribution in [0.2, 0.25) is 0 Å². The molecule has 0 atom stereocenters. The normalized spacial score (nSPS) is 10.4. The molecule has 3 heteroatoms. The SMILES string of the molecule is O=C(Cl)c1cccc2occc12. The summed E-state index contributed by atoms with van der Waals surface area (Å²) < 4.78 is 5.10. The number of benzene rings is 1. The Hall–Kier alpha value is -1.28. The largest absolute Gasteiger partial charge is 0.464 e. The maximum atomic E-state index is 10.9. The first-order valence-electron chi connectivity index (χ1n) is 3.45. The summed E-state index contributed by atoms with van der Waals surface area (Å²) in [5.41, 5.74) is 1.17. The van der Waals surface area contributed by atoms with Crippen LogP contribution in [-0.4, -0.2) is 5.24 Å². The van der Waals surface area contributed by atoms with Crippen LogP contribution in [0.4, 0.5) is 0 Å². The fourth-order valence-electron chi connectivity index (χ4n) is 1.17. The summed E-state index contributed by atoms with van der Waals surface area (Å²) in [6, 6.07) is 6.93. The number of hydrogen-bond donors (Lipinski definition) is 0. The topological polar surface area (TPSA) is 30.2 Å². The molecule has 1 aromatic carbocycles. The molecule has 0 saturated carbocycles. The van der Waals surface area contributed by atoms with Crippen LogP contribution in [0, 0.1) is 0 Å².